The molecule has 0 saturated heterocycles. The minimum atomic E-state index is 0.227. The Labute approximate surface area is 104 Å². The van der Waals surface area contributed by atoms with Gasteiger partial charge in [-0.15, -0.1) is 0 Å². The van der Waals surface area contributed by atoms with Crippen molar-refractivity contribution in [3.63, 3.8) is 0 Å². The van der Waals surface area contributed by atoms with E-state index in [4.69, 9.17) is 0 Å². The van der Waals surface area contributed by atoms with E-state index in [9.17, 15) is 4.79 Å². The Morgan fingerprint density at radius 1 is 1.41 bits per heavy atom. The van der Waals surface area contributed by atoms with E-state index < -0.39 is 0 Å². The van der Waals surface area contributed by atoms with Gasteiger partial charge < -0.3 is 4.57 Å². The van der Waals surface area contributed by atoms with Gasteiger partial charge >= 0.3 is 0 Å². The van der Waals surface area contributed by atoms with Crippen LogP contribution in [0.3, 0.4) is 0 Å². The Morgan fingerprint density at radius 2 is 2.06 bits per heavy atom. The molecule has 1 heterocycles. The fraction of sp³-hybridized carbons (Fsp3) is 0.643. The number of carbonyl (C=O) groups is 1. The van der Waals surface area contributed by atoms with Crippen LogP contribution >= 0.6 is 0 Å². The van der Waals surface area contributed by atoms with Gasteiger partial charge in [-0.3, -0.25) is 9.69 Å². The minimum absolute atomic E-state index is 0.227. The summed E-state index contributed by atoms with van der Waals surface area (Å²) in [5.41, 5.74) is 3.08. The third kappa shape index (κ3) is 3.43. The van der Waals surface area contributed by atoms with Crippen LogP contribution in [0.15, 0.2) is 6.07 Å². The minimum Gasteiger partial charge on any atom is -0.351 e. The molecular formula is C14H24N2O. The van der Waals surface area contributed by atoms with Crippen molar-refractivity contribution in [1.82, 2.24) is 9.47 Å². The first kappa shape index (κ1) is 14.0. The molecule has 0 fully saturated rings. The summed E-state index contributed by atoms with van der Waals surface area (Å²) < 4.78 is 2.07. The van der Waals surface area contributed by atoms with Crippen LogP contribution in [0, 0.1) is 13.8 Å². The zero-order chi connectivity index (χ0) is 13.0. The van der Waals surface area contributed by atoms with Crippen molar-refractivity contribution in [2.45, 2.75) is 33.6 Å². The summed E-state index contributed by atoms with van der Waals surface area (Å²) in [6.07, 6.45) is 2.32. The molecular weight excluding hydrogens is 212 g/mol. The van der Waals surface area contributed by atoms with Crippen LogP contribution in [0.2, 0.25) is 0 Å². The molecule has 1 aromatic rings. The molecule has 1 aromatic heterocycles. The molecule has 96 valence electrons. The molecule has 1 rings (SSSR count). The second kappa shape index (κ2) is 6.01. The fourth-order valence-corrected chi connectivity index (χ4v) is 1.98. The third-order valence-corrected chi connectivity index (χ3v) is 3.38. The second-order valence-electron chi connectivity index (χ2n) is 4.86. The van der Waals surface area contributed by atoms with E-state index in [0.717, 1.165) is 29.9 Å². The third-order valence-electron chi connectivity index (χ3n) is 3.38. The van der Waals surface area contributed by atoms with Crippen LogP contribution in [0.4, 0.5) is 0 Å². The maximum absolute atomic E-state index is 12.1. The van der Waals surface area contributed by atoms with Gasteiger partial charge in [0.15, 0.2) is 5.78 Å². The summed E-state index contributed by atoms with van der Waals surface area (Å²) in [5.74, 6) is 0.227. The number of nitrogens with zero attached hydrogens (tertiary/aromatic N) is 2. The molecule has 0 radical (unpaired) electrons. The molecule has 0 amide bonds. The van der Waals surface area contributed by atoms with E-state index in [1.54, 1.807) is 0 Å². The molecule has 0 aliphatic rings. The zero-order valence-corrected chi connectivity index (χ0v) is 11.7. The van der Waals surface area contributed by atoms with Crippen LogP contribution in [0.1, 0.15) is 41.5 Å². The van der Waals surface area contributed by atoms with E-state index in [1.807, 2.05) is 34.0 Å². The van der Waals surface area contributed by atoms with Crippen LogP contribution in [0.25, 0.3) is 0 Å². The van der Waals surface area contributed by atoms with Gasteiger partial charge in [-0.25, -0.2) is 0 Å². The highest BCUT2D eigenvalue weighted by atomic mass is 16.1. The molecule has 3 nitrogen and oxygen atoms in total. The van der Waals surface area contributed by atoms with Gasteiger partial charge in [-0.1, -0.05) is 13.3 Å². The molecule has 3 heteroatoms. The summed E-state index contributed by atoms with van der Waals surface area (Å²) in [4.78, 5) is 14.3. The normalized spacial score (nSPS) is 11.2. The highest BCUT2D eigenvalue weighted by Gasteiger charge is 2.15. The van der Waals surface area contributed by atoms with E-state index in [1.165, 1.54) is 6.42 Å². The molecule has 0 unspecified atom stereocenters. The predicted octanol–water partition coefficient (Wildman–Crippen LogP) is 2.56. The Kier molecular flexibility index (Phi) is 4.94. The summed E-state index contributed by atoms with van der Waals surface area (Å²) in [5, 5.41) is 0. The van der Waals surface area contributed by atoms with Gasteiger partial charge in [-0.05, 0) is 39.9 Å². The zero-order valence-electron chi connectivity index (χ0n) is 11.7. The lowest BCUT2D eigenvalue weighted by Crippen LogP contribution is -2.27. The number of ketones is 1. The highest BCUT2D eigenvalue weighted by Crippen LogP contribution is 2.14. The average Bonchev–Trinajstić information content (AvgIpc) is 2.54. The first-order chi connectivity index (χ1) is 7.97. The van der Waals surface area contributed by atoms with Gasteiger partial charge in [0.1, 0.15) is 0 Å². The summed E-state index contributed by atoms with van der Waals surface area (Å²) in [7, 11) is 4.01. The maximum atomic E-state index is 12.1. The molecule has 0 saturated carbocycles. The fourth-order valence-electron chi connectivity index (χ4n) is 1.98. The number of likely N-dealkylation sites (N-methyl/N-ethyl adjacent to an activating group) is 1. The van der Waals surface area contributed by atoms with Crippen LogP contribution in [0.5, 0.6) is 0 Å². The smallest absolute Gasteiger partial charge is 0.178 e. The first-order valence-electron chi connectivity index (χ1n) is 6.32. The molecule has 0 spiro atoms. The van der Waals surface area contributed by atoms with Gasteiger partial charge in [0, 0.05) is 24.0 Å². The number of unbranched alkanes of at least 4 members (excludes halogenated alkanes) is 1. The van der Waals surface area contributed by atoms with Crippen molar-refractivity contribution in [2.75, 3.05) is 20.1 Å². The van der Waals surface area contributed by atoms with Gasteiger partial charge in [0.2, 0.25) is 0 Å². The molecule has 0 aliphatic heterocycles. The Balaban J connectivity index is 2.67. The quantitative estimate of drug-likeness (QED) is 0.709. The van der Waals surface area contributed by atoms with Crippen molar-refractivity contribution in [2.24, 2.45) is 7.05 Å². The molecule has 0 atom stereocenters. The Morgan fingerprint density at radius 3 is 2.53 bits per heavy atom. The number of Topliss-reactive ketones (excluding diaryl/α,β-unsaturated/α-hetero) is 1. The molecule has 0 aliphatic carbocycles. The number of aryl methyl sites for hydroxylation is 1. The molecule has 0 aromatic carbocycles. The van der Waals surface area contributed by atoms with E-state index >= 15 is 0 Å². The van der Waals surface area contributed by atoms with Gasteiger partial charge in [-0.2, -0.15) is 0 Å². The highest BCUT2D eigenvalue weighted by molar-refractivity contribution is 5.98. The summed E-state index contributed by atoms with van der Waals surface area (Å²) >= 11 is 0. The van der Waals surface area contributed by atoms with Crippen LogP contribution < -0.4 is 0 Å². The first-order valence-corrected chi connectivity index (χ1v) is 6.32. The van der Waals surface area contributed by atoms with Crippen LogP contribution in [-0.2, 0) is 7.05 Å². The summed E-state index contributed by atoms with van der Waals surface area (Å²) in [6.45, 7) is 7.72. The molecule has 0 bridgehead atoms. The van der Waals surface area contributed by atoms with Gasteiger partial charge in [0.05, 0.1) is 6.54 Å². The number of rotatable bonds is 6. The number of aromatic nitrogens is 1. The number of hydrogen-bond donors (Lipinski definition) is 0. The average molecular weight is 236 g/mol. The standard InChI is InChI=1S/C14H24N2O/c1-6-7-8-15(4)10-14(17)13-9-11(2)16(5)12(13)3/h9H,6-8,10H2,1-5H3. The lowest BCUT2D eigenvalue weighted by Gasteiger charge is -2.14. The van der Waals surface area contributed by atoms with E-state index in [0.29, 0.717) is 6.54 Å². The van der Waals surface area contributed by atoms with Crippen molar-refractivity contribution < 1.29 is 4.79 Å². The predicted molar refractivity (Wildman–Crippen MR) is 71.6 cm³/mol. The SMILES string of the molecule is CCCCN(C)CC(=O)c1cc(C)n(C)c1C. The van der Waals surface area contributed by atoms with Crippen molar-refractivity contribution >= 4 is 5.78 Å². The van der Waals surface area contributed by atoms with Crippen molar-refractivity contribution in [3.8, 4) is 0 Å². The number of hydrogen-bond acceptors (Lipinski definition) is 2. The summed E-state index contributed by atoms with van der Waals surface area (Å²) in [6, 6.07) is 1.99. The van der Waals surface area contributed by atoms with Crippen molar-refractivity contribution in [3.05, 3.63) is 23.0 Å². The number of carbonyl (C=O) groups excluding carboxylic acids is 1. The largest absolute Gasteiger partial charge is 0.351 e. The van der Waals surface area contributed by atoms with Crippen molar-refractivity contribution in [1.29, 1.82) is 0 Å². The lowest BCUT2D eigenvalue weighted by atomic mass is 10.1. The Bertz CT molecular complexity index is 393. The van der Waals surface area contributed by atoms with E-state index in [-0.39, 0.29) is 5.78 Å². The molecule has 0 N–H and O–H groups in total. The van der Waals surface area contributed by atoms with E-state index in [2.05, 4.69) is 16.4 Å². The topological polar surface area (TPSA) is 25.2 Å². The monoisotopic (exact) mass is 236 g/mol. The van der Waals surface area contributed by atoms with Crippen LogP contribution in [-0.4, -0.2) is 35.4 Å². The Hall–Kier alpha value is -1.09. The van der Waals surface area contributed by atoms with Gasteiger partial charge in [0.25, 0.3) is 0 Å². The lowest BCUT2D eigenvalue weighted by molar-refractivity contribution is 0.0945. The maximum Gasteiger partial charge on any atom is 0.178 e. The second-order valence-corrected chi connectivity index (χ2v) is 4.86. The molecule has 17 heavy (non-hydrogen) atoms.